The zero-order chi connectivity index (χ0) is 14.8. The van der Waals surface area contributed by atoms with Gasteiger partial charge in [-0.2, -0.15) is 0 Å². The largest absolute Gasteiger partial charge is 0.393 e. The van der Waals surface area contributed by atoms with Crippen molar-refractivity contribution in [3.05, 3.63) is 33.9 Å². The molecule has 0 aliphatic heterocycles. The van der Waals surface area contributed by atoms with Gasteiger partial charge in [0.15, 0.2) is 0 Å². The molecule has 1 atom stereocenters. The summed E-state index contributed by atoms with van der Waals surface area (Å²) < 4.78 is 0. The molecule has 0 amide bonds. The van der Waals surface area contributed by atoms with Gasteiger partial charge in [0, 0.05) is 18.7 Å². The van der Waals surface area contributed by atoms with Gasteiger partial charge in [-0.25, -0.2) is 0 Å². The number of rotatable bonds is 4. The molecule has 0 heterocycles. The molecule has 0 saturated heterocycles. The van der Waals surface area contributed by atoms with Crippen LogP contribution in [0.1, 0.15) is 33.3 Å². The molecule has 0 fully saturated rings. The summed E-state index contributed by atoms with van der Waals surface area (Å²) in [6.07, 6.45) is 0. The van der Waals surface area contributed by atoms with Gasteiger partial charge in [-0.15, -0.1) is 0 Å². The molecule has 19 heavy (non-hydrogen) atoms. The Morgan fingerprint density at radius 2 is 2.00 bits per heavy atom. The van der Waals surface area contributed by atoms with Crippen molar-refractivity contribution in [2.24, 2.45) is 5.41 Å². The normalized spacial score (nSPS) is 13.6. The van der Waals surface area contributed by atoms with Crippen molar-refractivity contribution >= 4 is 11.4 Å². The topological polar surface area (TPSA) is 72.4 Å². The van der Waals surface area contributed by atoms with Crippen LogP contribution in [-0.2, 0) is 6.54 Å². The SMILES string of the molecule is CC(N(C)Cc1ccc(N)c([N+](=O)[O-])c1)C(C)(C)C. The van der Waals surface area contributed by atoms with Crippen molar-refractivity contribution in [1.82, 2.24) is 4.90 Å². The van der Waals surface area contributed by atoms with E-state index in [4.69, 9.17) is 5.73 Å². The Balaban J connectivity index is 2.89. The van der Waals surface area contributed by atoms with E-state index in [0.29, 0.717) is 12.6 Å². The first-order valence-electron chi connectivity index (χ1n) is 6.36. The summed E-state index contributed by atoms with van der Waals surface area (Å²) >= 11 is 0. The van der Waals surface area contributed by atoms with E-state index in [9.17, 15) is 10.1 Å². The monoisotopic (exact) mass is 265 g/mol. The lowest BCUT2D eigenvalue weighted by Gasteiger charge is -2.35. The molecule has 0 aliphatic carbocycles. The lowest BCUT2D eigenvalue weighted by Crippen LogP contribution is -2.38. The zero-order valence-corrected chi connectivity index (χ0v) is 12.3. The van der Waals surface area contributed by atoms with Crippen LogP contribution in [0.4, 0.5) is 11.4 Å². The molecule has 0 spiro atoms. The molecule has 0 saturated carbocycles. The average Bonchev–Trinajstić information content (AvgIpc) is 2.29. The van der Waals surface area contributed by atoms with E-state index in [1.807, 2.05) is 13.1 Å². The highest BCUT2D eigenvalue weighted by Gasteiger charge is 2.24. The van der Waals surface area contributed by atoms with E-state index in [1.54, 1.807) is 12.1 Å². The van der Waals surface area contributed by atoms with Gasteiger partial charge in [-0.3, -0.25) is 15.0 Å². The fourth-order valence-corrected chi connectivity index (χ4v) is 1.93. The molecular formula is C14H23N3O2. The Labute approximate surface area is 114 Å². The van der Waals surface area contributed by atoms with Gasteiger partial charge in [0.25, 0.3) is 5.69 Å². The highest BCUT2D eigenvalue weighted by molar-refractivity contribution is 5.59. The number of anilines is 1. The molecule has 1 unspecified atom stereocenters. The summed E-state index contributed by atoms with van der Waals surface area (Å²) in [6.45, 7) is 9.37. The number of nitro benzene ring substituents is 1. The second-order valence-electron chi connectivity index (χ2n) is 6.11. The molecular weight excluding hydrogens is 242 g/mol. The molecule has 0 bridgehead atoms. The van der Waals surface area contributed by atoms with Crippen LogP contribution in [-0.4, -0.2) is 22.9 Å². The minimum absolute atomic E-state index is 0.0192. The van der Waals surface area contributed by atoms with Gasteiger partial charge in [0.05, 0.1) is 4.92 Å². The van der Waals surface area contributed by atoms with Crippen molar-refractivity contribution in [3.8, 4) is 0 Å². The molecule has 0 radical (unpaired) electrons. The quantitative estimate of drug-likeness (QED) is 0.516. The number of benzene rings is 1. The Bertz CT molecular complexity index is 466. The van der Waals surface area contributed by atoms with E-state index >= 15 is 0 Å². The maximum absolute atomic E-state index is 10.9. The average molecular weight is 265 g/mol. The number of hydrogen-bond donors (Lipinski definition) is 1. The van der Waals surface area contributed by atoms with Gasteiger partial charge in [0.2, 0.25) is 0 Å². The Morgan fingerprint density at radius 3 is 2.47 bits per heavy atom. The van der Waals surface area contributed by atoms with Crippen LogP contribution in [0.5, 0.6) is 0 Å². The third-order valence-electron chi connectivity index (χ3n) is 3.64. The third-order valence-corrected chi connectivity index (χ3v) is 3.64. The van der Waals surface area contributed by atoms with Crippen molar-refractivity contribution in [1.29, 1.82) is 0 Å². The molecule has 106 valence electrons. The van der Waals surface area contributed by atoms with E-state index in [2.05, 4.69) is 32.6 Å². The fourth-order valence-electron chi connectivity index (χ4n) is 1.93. The number of nitro groups is 1. The summed E-state index contributed by atoms with van der Waals surface area (Å²) in [4.78, 5) is 12.6. The van der Waals surface area contributed by atoms with Crippen LogP contribution >= 0.6 is 0 Å². The smallest absolute Gasteiger partial charge is 0.292 e. The van der Waals surface area contributed by atoms with E-state index in [-0.39, 0.29) is 16.8 Å². The second kappa shape index (κ2) is 5.57. The minimum Gasteiger partial charge on any atom is -0.393 e. The van der Waals surface area contributed by atoms with E-state index in [0.717, 1.165) is 5.56 Å². The summed E-state index contributed by atoms with van der Waals surface area (Å²) in [5.41, 5.74) is 6.85. The number of nitrogen functional groups attached to an aromatic ring is 1. The van der Waals surface area contributed by atoms with Crippen LogP contribution in [0.3, 0.4) is 0 Å². The van der Waals surface area contributed by atoms with E-state index < -0.39 is 4.92 Å². The van der Waals surface area contributed by atoms with Crippen LogP contribution in [0.25, 0.3) is 0 Å². The molecule has 5 heteroatoms. The molecule has 2 N–H and O–H groups in total. The van der Waals surface area contributed by atoms with Gasteiger partial charge >= 0.3 is 0 Å². The summed E-state index contributed by atoms with van der Waals surface area (Å²) in [6, 6.07) is 5.36. The predicted octanol–water partition coefficient (Wildman–Crippen LogP) is 3.04. The molecule has 0 aliphatic rings. The second-order valence-corrected chi connectivity index (χ2v) is 6.11. The number of nitrogens with two attached hydrogens (primary N) is 1. The van der Waals surface area contributed by atoms with E-state index in [1.165, 1.54) is 0 Å². The highest BCUT2D eigenvalue weighted by atomic mass is 16.6. The molecule has 0 aromatic heterocycles. The zero-order valence-electron chi connectivity index (χ0n) is 12.3. The number of hydrogen-bond acceptors (Lipinski definition) is 4. The van der Waals surface area contributed by atoms with Gasteiger partial charge < -0.3 is 5.73 Å². The van der Waals surface area contributed by atoms with Crippen molar-refractivity contribution in [3.63, 3.8) is 0 Å². The van der Waals surface area contributed by atoms with Gasteiger partial charge in [-0.1, -0.05) is 26.8 Å². The van der Waals surface area contributed by atoms with Gasteiger partial charge in [-0.05, 0) is 31.0 Å². The highest BCUT2D eigenvalue weighted by Crippen LogP contribution is 2.26. The fraction of sp³-hybridized carbons (Fsp3) is 0.571. The Morgan fingerprint density at radius 1 is 1.42 bits per heavy atom. The summed E-state index contributed by atoms with van der Waals surface area (Å²) in [5, 5.41) is 10.9. The standard InChI is InChI=1S/C14H23N3O2/c1-10(14(2,3)4)16(5)9-11-6-7-12(15)13(8-11)17(18)19/h6-8,10H,9,15H2,1-5H3. The van der Waals surface area contributed by atoms with Crippen molar-refractivity contribution in [2.45, 2.75) is 40.3 Å². The van der Waals surface area contributed by atoms with Crippen LogP contribution in [0, 0.1) is 15.5 Å². The molecule has 1 aromatic rings. The van der Waals surface area contributed by atoms with Crippen LogP contribution < -0.4 is 5.73 Å². The Kier molecular flexibility index (Phi) is 4.52. The Hall–Kier alpha value is -1.62. The maximum atomic E-state index is 10.9. The van der Waals surface area contributed by atoms with Crippen LogP contribution in [0.2, 0.25) is 0 Å². The summed E-state index contributed by atoms with van der Waals surface area (Å²) in [5.74, 6) is 0. The number of nitrogens with zero attached hydrogens (tertiary/aromatic N) is 2. The maximum Gasteiger partial charge on any atom is 0.292 e. The molecule has 1 aromatic carbocycles. The lowest BCUT2D eigenvalue weighted by atomic mass is 9.87. The lowest BCUT2D eigenvalue weighted by molar-refractivity contribution is -0.384. The van der Waals surface area contributed by atoms with Crippen LogP contribution in [0.15, 0.2) is 18.2 Å². The first kappa shape index (κ1) is 15.4. The minimum atomic E-state index is -0.438. The van der Waals surface area contributed by atoms with Crippen molar-refractivity contribution in [2.75, 3.05) is 12.8 Å². The first-order valence-corrected chi connectivity index (χ1v) is 6.36. The summed E-state index contributed by atoms with van der Waals surface area (Å²) in [7, 11) is 2.03. The van der Waals surface area contributed by atoms with Crippen molar-refractivity contribution < 1.29 is 4.92 Å². The molecule has 5 nitrogen and oxygen atoms in total. The molecule has 1 rings (SSSR count). The third kappa shape index (κ3) is 3.92. The van der Waals surface area contributed by atoms with Gasteiger partial charge in [0.1, 0.15) is 5.69 Å². The predicted molar refractivity (Wildman–Crippen MR) is 77.9 cm³/mol. The first-order chi connectivity index (χ1) is 8.62.